The van der Waals surface area contributed by atoms with Crippen molar-refractivity contribution < 1.29 is 0 Å². The van der Waals surface area contributed by atoms with Gasteiger partial charge in [0.05, 0.1) is 6.07 Å². The van der Waals surface area contributed by atoms with Crippen LogP contribution in [0, 0.1) is 18.3 Å². The lowest BCUT2D eigenvalue weighted by atomic mass is 9.95. The van der Waals surface area contributed by atoms with Gasteiger partial charge in [0.25, 0.3) is 0 Å². The van der Waals surface area contributed by atoms with Crippen LogP contribution in [0.1, 0.15) is 45.6 Å². The van der Waals surface area contributed by atoms with Gasteiger partial charge in [-0.05, 0) is 59.1 Å². The molecule has 0 aliphatic carbocycles. The first-order valence-electron chi connectivity index (χ1n) is 7.83. The van der Waals surface area contributed by atoms with Gasteiger partial charge in [0, 0.05) is 25.3 Å². The lowest BCUT2D eigenvalue weighted by molar-refractivity contribution is 0.370. The molecule has 0 amide bonds. The molecule has 1 aromatic carbocycles. The van der Waals surface area contributed by atoms with Crippen molar-refractivity contribution in [2.45, 2.75) is 58.5 Å². The molecule has 0 aliphatic rings. The molecule has 3 heteroatoms. The molecule has 0 radical (unpaired) electrons. The number of benzene rings is 1. The minimum Gasteiger partial charge on any atom is -0.375 e. The maximum atomic E-state index is 9.32. The van der Waals surface area contributed by atoms with Crippen LogP contribution in [-0.2, 0) is 0 Å². The predicted molar refractivity (Wildman–Crippen MR) is 90.6 cm³/mol. The highest BCUT2D eigenvalue weighted by Gasteiger charge is 2.23. The van der Waals surface area contributed by atoms with E-state index in [1.54, 1.807) is 0 Å². The molecular formula is C18H29N3. The highest BCUT2D eigenvalue weighted by atomic mass is 15.1. The van der Waals surface area contributed by atoms with Gasteiger partial charge in [-0.15, -0.1) is 0 Å². The molecule has 0 heterocycles. The van der Waals surface area contributed by atoms with E-state index in [1.807, 2.05) is 6.92 Å². The van der Waals surface area contributed by atoms with Crippen LogP contribution in [0.2, 0.25) is 0 Å². The fourth-order valence-corrected chi connectivity index (χ4v) is 2.55. The third-order valence-corrected chi connectivity index (χ3v) is 3.75. The van der Waals surface area contributed by atoms with Crippen LogP contribution in [0.4, 0.5) is 5.69 Å². The minimum atomic E-state index is -0.406. The molecule has 0 saturated heterocycles. The number of rotatable bonds is 8. The van der Waals surface area contributed by atoms with Gasteiger partial charge in [0.2, 0.25) is 0 Å². The van der Waals surface area contributed by atoms with E-state index < -0.39 is 5.54 Å². The SMILES string of the molecule is Cc1ccc(N(C)CCCCC(C)(C#N)NC(C)C)cc1. The van der Waals surface area contributed by atoms with Gasteiger partial charge in [-0.3, -0.25) is 5.32 Å². The number of anilines is 1. The zero-order chi connectivity index (χ0) is 15.9. The van der Waals surface area contributed by atoms with Crippen molar-refractivity contribution in [3.63, 3.8) is 0 Å². The summed E-state index contributed by atoms with van der Waals surface area (Å²) in [6.07, 6.45) is 3.05. The van der Waals surface area contributed by atoms with Crippen molar-refractivity contribution in [1.82, 2.24) is 5.32 Å². The Hall–Kier alpha value is -1.53. The molecule has 0 aromatic heterocycles. The number of nitrogens with zero attached hydrogens (tertiary/aromatic N) is 2. The Morgan fingerprint density at radius 3 is 2.38 bits per heavy atom. The average molecular weight is 287 g/mol. The number of hydrogen-bond acceptors (Lipinski definition) is 3. The van der Waals surface area contributed by atoms with Crippen LogP contribution in [0.3, 0.4) is 0 Å². The molecule has 0 bridgehead atoms. The van der Waals surface area contributed by atoms with Crippen molar-refractivity contribution in [1.29, 1.82) is 5.26 Å². The zero-order valence-electron chi connectivity index (χ0n) is 14.1. The summed E-state index contributed by atoms with van der Waals surface area (Å²) in [4.78, 5) is 2.28. The monoisotopic (exact) mass is 287 g/mol. The summed E-state index contributed by atoms with van der Waals surface area (Å²) in [5.41, 5.74) is 2.14. The van der Waals surface area contributed by atoms with Crippen molar-refractivity contribution in [3.8, 4) is 6.07 Å². The van der Waals surface area contributed by atoms with Crippen LogP contribution in [0.5, 0.6) is 0 Å². The average Bonchev–Trinajstić information content (AvgIpc) is 2.43. The summed E-state index contributed by atoms with van der Waals surface area (Å²) in [6.45, 7) is 9.29. The van der Waals surface area contributed by atoms with E-state index in [0.717, 1.165) is 25.8 Å². The maximum absolute atomic E-state index is 9.32. The van der Waals surface area contributed by atoms with Gasteiger partial charge in [0.1, 0.15) is 5.54 Å². The van der Waals surface area contributed by atoms with E-state index in [4.69, 9.17) is 0 Å². The Bertz CT molecular complexity index is 458. The first-order valence-corrected chi connectivity index (χ1v) is 7.83. The third kappa shape index (κ3) is 6.18. The van der Waals surface area contributed by atoms with Gasteiger partial charge in [-0.25, -0.2) is 0 Å². The number of aryl methyl sites for hydroxylation is 1. The molecule has 0 spiro atoms. The number of nitrogens with one attached hydrogen (secondary N) is 1. The summed E-state index contributed by atoms with van der Waals surface area (Å²) >= 11 is 0. The van der Waals surface area contributed by atoms with Crippen LogP contribution < -0.4 is 10.2 Å². The Balaban J connectivity index is 2.36. The maximum Gasteiger partial charge on any atom is 0.104 e. The van der Waals surface area contributed by atoms with E-state index in [9.17, 15) is 5.26 Å². The quantitative estimate of drug-likeness (QED) is 0.737. The van der Waals surface area contributed by atoms with Crippen molar-refractivity contribution in [2.75, 3.05) is 18.5 Å². The van der Waals surface area contributed by atoms with Gasteiger partial charge in [0.15, 0.2) is 0 Å². The number of unbranched alkanes of at least 4 members (excludes halogenated alkanes) is 1. The van der Waals surface area contributed by atoms with Crippen LogP contribution in [0.15, 0.2) is 24.3 Å². The Kier molecular flexibility index (Phi) is 6.71. The third-order valence-electron chi connectivity index (χ3n) is 3.75. The van der Waals surface area contributed by atoms with E-state index >= 15 is 0 Å². The first kappa shape index (κ1) is 17.5. The van der Waals surface area contributed by atoms with Gasteiger partial charge in [-0.2, -0.15) is 5.26 Å². The van der Waals surface area contributed by atoms with Gasteiger partial charge in [-0.1, -0.05) is 17.7 Å². The predicted octanol–water partition coefficient (Wildman–Crippen LogP) is 3.88. The minimum absolute atomic E-state index is 0.338. The van der Waals surface area contributed by atoms with Gasteiger partial charge < -0.3 is 4.90 Å². The Labute approximate surface area is 130 Å². The molecule has 3 nitrogen and oxygen atoms in total. The van der Waals surface area contributed by atoms with E-state index in [0.29, 0.717) is 6.04 Å². The molecule has 1 N–H and O–H groups in total. The van der Waals surface area contributed by atoms with Gasteiger partial charge >= 0.3 is 0 Å². The summed E-state index contributed by atoms with van der Waals surface area (Å²) in [7, 11) is 2.13. The molecule has 1 unspecified atom stereocenters. The molecule has 21 heavy (non-hydrogen) atoms. The number of nitriles is 1. The highest BCUT2D eigenvalue weighted by Crippen LogP contribution is 2.17. The molecule has 1 rings (SSSR count). The first-order chi connectivity index (χ1) is 9.86. The summed E-state index contributed by atoms with van der Waals surface area (Å²) in [5, 5.41) is 12.7. The van der Waals surface area contributed by atoms with Crippen LogP contribution in [-0.4, -0.2) is 25.2 Å². The molecule has 0 fully saturated rings. The van der Waals surface area contributed by atoms with E-state index in [-0.39, 0.29) is 0 Å². The fraction of sp³-hybridized carbons (Fsp3) is 0.611. The topological polar surface area (TPSA) is 39.1 Å². The van der Waals surface area contributed by atoms with E-state index in [2.05, 4.69) is 68.4 Å². The van der Waals surface area contributed by atoms with Crippen molar-refractivity contribution >= 4 is 5.69 Å². The molecule has 0 saturated carbocycles. The van der Waals surface area contributed by atoms with Crippen LogP contribution in [0.25, 0.3) is 0 Å². The summed E-state index contributed by atoms with van der Waals surface area (Å²) in [6, 6.07) is 11.4. The van der Waals surface area contributed by atoms with Crippen LogP contribution >= 0.6 is 0 Å². The lowest BCUT2D eigenvalue weighted by Gasteiger charge is -2.26. The zero-order valence-corrected chi connectivity index (χ0v) is 14.1. The lowest BCUT2D eigenvalue weighted by Crippen LogP contribution is -2.44. The standard InChI is InChI=1S/C18H29N3/c1-15(2)20-18(4,14-19)12-6-7-13-21(5)17-10-8-16(3)9-11-17/h8-11,15,20H,6-7,12-13H2,1-5H3. The molecule has 0 aliphatic heterocycles. The number of hydrogen-bond donors (Lipinski definition) is 1. The second kappa shape index (κ2) is 8.05. The smallest absolute Gasteiger partial charge is 0.104 e. The normalized spacial score (nSPS) is 13.8. The molecular weight excluding hydrogens is 258 g/mol. The van der Waals surface area contributed by atoms with Crippen molar-refractivity contribution in [2.24, 2.45) is 0 Å². The summed E-state index contributed by atoms with van der Waals surface area (Å²) < 4.78 is 0. The fourth-order valence-electron chi connectivity index (χ4n) is 2.55. The van der Waals surface area contributed by atoms with E-state index in [1.165, 1.54) is 11.3 Å². The molecule has 1 atom stereocenters. The Morgan fingerprint density at radius 2 is 1.86 bits per heavy atom. The van der Waals surface area contributed by atoms with Crippen molar-refractivity contribution in [3.05, 3.63) is 29.8 Å². The Morgan fingerprint density at radius 1 is 1.24 bits per heavy atom. The highest BCUT2D eigenvalue weighted by molar-refractivity contribution is 5.46. The molecule has 116 valence electrons. The molecule has 1 aromatic rings. The summed E-state index contributed by atoms with van der Waals surface area (Å²) in [5.74, 6) is 0. The second-order valence-electron chi connectivity index (χ2n) is 6.46. The second-order valence-corrected chi connectivity index (χ2v) is 6.46. The largest absolute Gasteiger partial charge is 0.375 e.